The SMILES string of the molecule is CCCc1ncc(-c2csc(NC(C)C)n2)s1. The number of rotatable bonds is 5. The van der Waals surface area contributed by atoms with Crippen molar-refractivity contribution in [3.63, 3.8) is 0 Å². The average molecular weight is 267 g/mol. The summed E-state index contributed by atoms with van der Waals surface area (Å²) < 4.78 is 0. The number of hydrogen-bond donors (Lipinski definition) is 1. The summed E-state index contributed by atoms with van der Waals surface area (Å²) in [7, 11) is 0. The molecule has 5 heteroatoms. The first-order valence-electron chi connectivity index (χ1n) is 5.86. The molecule has 0 saturated carbocycles. The fraction of sp³-hybridized carbons (Fsp3) is 0.500. The molecule has 0 aliphatic heterocycles. The first kappa shape index (κ1) is 12.5. The van der Waals surface area contributed by atoms with Gasteiger partial charge in [0.15, 0.2) is 5.13 Å². The molecule has 17 heavy (non-hydrogen) atoms. The molecular weight excluding hydrogens is 250 g/mol. The van der Waals surface area contributed by atoms with Crippen LogP contribution in [-0.4, -0.2) is 16.0 Å². The van der Waals surface area contributed by atoms with Crippen LogP contribution < -0.4 is 5.32 Å². The van der Waals surface area contributed by atoms with Crippen LogP contribution in [0.1, 0.15) is 32.2 Å². The number of hydrogen-bond acceptors (Lipinski definition) is 5. The summed E-state index contributed by atoms with van der Waals surface area (Å²) in [5.74, 6) is 0. The number of aryl methyl sites for hydroxylation is 1. The molecule has 0 atom stereocenters. The summed E-state index contributed by atoms with van der Waals surface area (Å²) in [4.78, 5) is 10.2. The van der Waals surface area contributed by atoms with Crippen molar-refractivity contribution in [1.82, 2.24) is 9.97 Å². The maximum Gasteiger partial charge on any atom is 0.183 e. The molecule has 0 fully saturated rings. The highest BCUT2D eigenvalue weighted by Gasteiger charge is 2.08. The van der Waals surface area contributed by atoms with Crippen LogP contribution >= 0.6 is 22.7 Å². The van der Waals surface area contributed by atoms with Gasteiger partial charge in [0.1, 0.15) is 0 Å². The monoisotopic (exact) mass is 267 g/mol. The van der Waals surface area contributed by atoms with Crippen LogP contribution in [0.2, 0.25) is 0 Å². The van der Waals surface area contributed by atoms with Gasteiger partial charge in [-0.1, -0.05) is 6.92 Å². The van der Waals surface area contributed by atoms with E-state index in [9.17, 15) is 0 Å². The Hall–Kier alpha value is -0.940. The molecule has 0 aliphatic rings. The van der Waals surface area contributed by atoms with Crippen LogP contribution in [0, 0.1) is 0 Å². The Kier molecular flexibility index (Phi) is 4.12. The van der Waals surface area contributed by atoms with Gasteiger partial charge >= 0.3 is 0 Å². The van der Waals surface area contributed by atoms with E-state index < -0.39 is 0 Å². The maximum absolute atomic E-state index is 4.57. The van der Waals surface area contributed by atoms with E-state index in [1.54, 1.807) is 22.7 Å². The van der Waals surface area contributed by atoms with Crippen molar-refractivity contribution in [3.05, 3.63) is 16.6 Å². The van der Waals surface area contributed by atoms with E-state index in [1.807, 2.05) is 6.20 Å². The fourth-order valence-corrected chi connectivity index (χ4v) is 3.37. The van der Waals surface area contributed by atoms with Gasteiger partial charge in [0.05, 0.1) is 15.6 Å². The normalized spacial score (nSPS) is 11.1. The quantitative estimate of drug-likeness (QED) is 0.888. The molecule has 0 amide bonds. The molecule has 92 valence electrons. The summed E-state index contributed by atoms with van der Waals surface area (Å²) in [6.45, 7) is 6.41. The lowest BCUT2D eigenvalue weighted by Gasteiger charge is -2.04. The van der Waals surface area contributed by atoms with Crippen LogP contribution in [0.25, 0.3) is 10.6 Å². The molecule has 0 aromatic carbocycles. The molecule has 2 aromatic heterocycles. The van der Waals surface area contributed by atoms with Crippen LogP contribution in [0.4, 0.5) is 5.13 Å². The minimum absolute atomic E-state index is 0.422. The first-order valence-corrected chi connectivity index (χ1v) is 7.55. The fourth-order valence-electron chi connectivity index (χ4n) is 1.46. The number of aromatic nitrogens is 2. The predicted octanol–water partition coefficient (Wildman–Crippen LogP) is 4.04. The standard InChI is InChI=1S/C12H17N3S2/c1-4-5-11-13-6-10(17-11)9-7-16-12(15-9)14-8(2)3/h6-8H,4-5H2,1-3H3,(H,14,15). The molecule has 3 nitrogen and oxygen atoms in total. The first-order chi connectivity index (χ1) is 8.19. The molecule has 2 rings (SSSR count). The molecule has 1 N–H and O–H groups in total. The maximum atomic E-state index is 4.57. The molecular formula is C12H17N3S2. The number of anilines is 1. The second kappa shape index (κ2) is 5.60. The van der Waals surface area contributed by atoms with Crippen molar-refractivity contribution in [2.24, 2.45) is 0 Å². The van der Waals surface area contributed by atoms with E-state index in [-0.39, 0.29) is 0 Å². The zero-order chi connectivity index (χ0) is 12.3. The Morgan fingerprint density at radius 3 is 2.94 bits per heavy atom. The Balaban J connectivity index is 2.12. The van der Waals surface area contributed by atoms with E-state index in [0.29, 0.717) is 6.04 Å². The number of thiazole rings is 2. The third-order valence-corrected chi connectivity index (χ3v) is 4.04. The molecule has 2 heterocycles. The lowest BCUT2D eigenvalue weighted by molar-refractivity contribution is 0.897. The van der Waals surface area contributed by atoms with Crippen molar-refractivity contribution in [2.75, 3.05) is 5.32 Å². The van der Waals surface area contributed by atoms with Crippen molar-refractivity contribution in [1.29, 1.82) is 0 Å². The molecule has 0 bridgehead atoms. The van der Waals surface area contributed by atoms with E-state index in [2.05, 4.69) is 41.4 Å². The molecule has 0 saturated heterocycles. The smallest absolute Gasteiger partial charge is 0.183 e. The Bertz CT molecular complexity index is 474. The van der Waals surface area contributed by atoms with Crippen LogP contribution in [-0.2, 0) is 6.42 Å². The van der Waals surface area contributed by atoms with Gasteiger partial charge in [-0.25, -0.2) is 9.97 Å². The van der Waals surface area contributed by atoms with Crippen LogP contribution in [0.5, 0.6) is 0 Å². The van der Waals surface area contributed by atoms with Gasteiger partial charge in [-0.3, -0.25) is 0 Å². The van der Waals surface area contributed by atoms with Gasteiger partial charge < -0.3 is 5.32 Å². The van der Waals surface area contributed by atoms with Crippen molar-refractivity contribution >= 4 is 27.8 Å². The average Bonchev–Trinajstić information content (AvgIpc) is 2.86. The molecule has 0 aliphatic carbocycles. The van der Waals surface area contributed by atoms with Crippen molar-refractivity contribution in [2.45, 2.75) is 39.7 Å². The van der Waals surface area contributed by atoms with Crippen LogP contribution in [0.15, 0.2) is 11.6 Å². The summed E-state index contributed by atoms with van der Waals surface area (Å²) in [6.07, 6.45) is 4.14. The third kappa shape index (κ3) is 3.26. The Labute approximate surface area is 110 Å². The highest BCUT2D eigenvalue weighted by Crippen LogP contribution is 2.29. The van der Waals surface area contributed by atoms with Crippen molar-refractivity contribution < 1.29 is 0 Å². The molecule has 0 radical (unpaired) electrons. The van der Waals surface area contributed by atoms with Crippen molar-refractivity contribution in [3.8, 4) is 10.6 Å². The minimum Gasteiger partial charge on any atom is -0.359 e. The minimum atomic E-state index is 0.422. The highest BCUT2D eigenvalue weighted by atomic mass is 32.1. The third-order valence-electron chi connectivity index (χ3n) is 2.19. The van der Waals surface area contributed by atoms with Gasteiger partial charge in [0.25, 0.3) is 0 Å². The second-order valence-electron chi connectivity index (χ2n) is 4.21. The lowest BCUT2D eigenvalue weighted by Crippen LogP contribution is -2.08. The van der Waals surface area contributed by atoms with Crippen LogP contribution in [0.3, 0.4) is 0 Å². The van der Waals surface area contributed by atoms with E-state index in [1.165, 1.54) is 9.88 Å². The highest BCUT2D eigenvalue weighted by molar-refractivity contribution is 7.16. The zero-order valence-electron chi connectivity index (χ0n) is 10.4. The number of nitrogens with zero attached hydrogens (tertiary/aromatic N) is 2. The largest absolute Gasteiger partial charge is 0.359 e. The Morgan fingerprint density at radius 2 is 2.24 bits per heavy atom. The zero-order valence-corrected chi connectivity index (χ0v) is 12.0. The summed E-state index contributed by atoms with van der Waals surface area (Å²) >= 11 is 3.40. The van der Waals surface area contributed by atoms with E-state index in [4.69, 9.17) is 0 Å². The van der Waals surface area contributed by atoms with Gasteiger partial charge in [-0.05, 0) is 26.7 Å². The second-order valence-corrected chi connectivity index (χ2v) is 6.18. The van der Waals surface area contributed by atoms with Gasteiger partial charge in [0, 0.05) is 17.6 Å². The van der Waals surface area contributed by atoms with E-state index in [0.717, 1.165) is 23.7 Å². The van der Waals surface area contributed by atoms with Gasteiger partial charge in [-0.2, -0.15) is 0 Å². The Morgan fingerprint density at radius 1 is 1.41 bits per heavy atom. The number of nitrogens with one attached hydrogen (secondary N) is 1. The van der Waals surface area contributed by atoms with Gasteiger partial charge in [0.2, 0.25) is 0 Å². The predicted molar refractivity (Wildman–Crippen MR) is 76.0 cm³/mol. The molecule has 0 unspecified atom stereocenters. The molecule has 2 aromatic rings. The lowest BCUT2D eigenvalue weighted by atomic mass is 10.4. The summed E-state index contributed by atoms with van der Waals surface area (Å²) in [5.41, 5.74) is 1.04. The summed E-state index contributed by atoms with van der Waals surface area (Å²) in [5, 5.41) is 7.60. The summed E-state index contributed by atoms with van der Waals surface area (Å²) in [6, 6.07) is 0.422. The topological polar surface area (TPSA) is 37.8 Å². The van der Waals surface area contributed by atoms with Gasteiger partial charge in [-0.15, -0.1) is 22.7 Å². The molecule has 0 spiro atoms. The van der Waals surface area contributed by atoms with E-state index >= 15 is 0 Å².